The smallest absolute Gasteiger partial charge is 0.253 e. The first kappa shape index (κ1) is 18.1. The van der Waals surface area contributed by atoms with Crippen LogP contribution in [0.4, 0.5) is 0 Å². The molecule has 1 aliphatic carbocycles. The van der Waals surface area contributed by atoms with Crippen molar-refractivity contribution in [2.75, 3.05) is 19.6 Å². The van der Waals surface area contributed by atoms with E-state index in [0.29, 0.717) is 11.5 Å². The average Bonchev–Trinajstić information content (AvgIpc) is 2.65. The molecule has 1 heterocycles. The van der Waals surface area contributed by atoms with Gasteiger partial charge in [0.2, 0.25) is 10.0 Å². The fourth-order valence-electron chi connectivity index (χ4n) is 4.02. The van der Waals surface area contributed by atoms with Gasteiger partial charge in [-0.15, -0.1) is 6.58 Å². The molecule has 1 saturated heterocycles. The predicted octanol–water partition coefficient (Wildman–Crippen LogP) is 2.80. The minimum Gasteiger partial charge on any atom is -0.338 e. The lowest BCUT2D eigenvalue weighted by Gasteiger charge is -2.41. The van der Waals surface area contributed by atoms with Crippen molar-refractivity contribution in [3.8, 4) is 0 Å². The molecule has 3 rings (SSSR count). The molecule has 0 radical (unpaired) electrons. The zero-order valence-electron chi connectivity index (χ0n) is 14.5. The van der Waals surface area contributed by atoms with Crippen molar-refractivity contribution < 1.29 is 13.2 Å². The highest BCUT2D eigenvalue weighted by Crippen LogP contribution is 2.36. The molecular formula is C19H26N2O3S. The highest BCUT2D eigenvalue weighted by Gasteiger charge is 2.33. The number of benzene rings is 1. The number of amides is 1. The molecule has 2 fully saturated rings. The van der Waals surface area contributed by atoms with Crippen LogP contribution in [-0.4, -0.2) is 38.9 Å². The van der Waals surface area contributed by atoms with Crippen LogP contribution in [0.15, 0.2) is 41.8 Å². The van der Waals surface area contributed by atoms with Gasteiger partial charge in [-0.1, -0.05) is 31.4 Å². The van der Waals surface area contributed by atoms with Crippen LogP contribution in [0.1, 0.15) is 42.5 Å². The predicted molar refractivity (Wildman–Crippen MR) is 97.8 cm³/mol. The normalized spacial score (nSPS) is 23.8. The molecule has 6 heteroatoms. The van der Waals surface area contributed by atoms with E-state index in [1.807, 2.05) is 4.90 Å². The number of sulfonamides is 1. The van der Waals surface area contributed by atoms with Gasteiger partial charge in [-0.05, 0) is 42.9 Å². The summed E-state index contributed by atoms with van der Waals surface area (Å²) in [6.07, 6.45) is 7.61. The van der Waals surface area contributed by atoms with Crippen LogP contribution in [0, 0.1) is 11.8 Å². The molecule has 1 N–H and O–H groups in total. The van der Waals surface area contributed by atoms with Crippen molar-refractivity contribution in [3.05, 3.63) is 42.5 Å². The van der Waals surface area contributed by atoms with Gasteiger partial charge in [0.1, 0.15) is 0 Å². The molecule has 1 amide bonds. The standard InChI is InChI=1S/C19H26N2O3S/c1-2-11-20-25(23,24)18-9-5-8-16(13-18)19(22)21-12-10-15-6-3-4-7-17(15)14-21/h2,5,8-9,13,15,17,20H,1,3-4,6-7,10-12,14H2. The van der Waals surface area contributed by atoms with E-state index in [-0.39, 0.29) is 17.3 Å². The van der Waals surface area contributed by atoms with Gasteiger partial charge in [0.25, 0.3) is 5.91 Å². The monoisotopic (exact) mass is 362 g/mol. The van der Waals surface area contributed by atoms with Crippen LogP contribution in [0.2, 0.25) is 0 Å². The largest absolute Gasteiger partial charge is 0.338 e. The maximum Gasteiger partial charge on any atom is 0.253 e. The molecule has 2 unspecified atom stereocenters. The fourth-order valence-corrected chi connectivity index (χ4v) is 5.06. The number of nitrogens with one attached hydrogen (secondary N) is 1. The third-order valence-electron chi connectivity index (χ3n) is 5.39. The number of likely N-dealkylation sites (tertiary alicyclic amines) is 1. The number of carbonyl (C=O) groups excluding carboxylic acids is 1. The molecule has 0 bridgehead atoms. The number of hydrogen-bond acceptors (Lipinski definition) is 3. The Morgan fingerprint density at radius 1 is 1.24 bits per heavy atom. The average molecular weight is 362 g/mol. The molecule has 1 aromatic carbocycles. The number of fused-ring (bicyclic) bond motifs is 1. The van der Waals surface area contributed by atoms with Crippen molar-refractivity contribution in [3.63, 3.8) is 0 Å². The molecule has 1 aliphatic heterocycles. The summed E-state index contributed by atoms with van der Waals surface area (Å²) in [7, 11) is -3.62. The zero-order valence-corrected chi connectivity index (χ0v) is 15.3. The van der Waals surface area contributed by atoms with E-state index in [2.05, 4.69) is 11.3 Å². The summed E-state index contributed by atoms with van der Waals surface area (Å²) in [6.45, 7) is 5.24. The van der Waals surface area contributed by atoms with Crippen molar-refractivity contribution in [2.24, 2.45) is 11.8 Å². The van der Waals surface area contributed by atoms with E-state index < -0.39 is 10.0 Å². The lowest BCUT2D eigenvalue weighted by atomic mass is 9.75. The topological polar surface area (TPSA) is 66.5 Å². The van der Waals surface area contributed by atoms with Crippen LogP contribution >= 0.6 is 0 Å². The molecule has 136 valence electrons. The van der Waals surface area contributed by atoms with Gasteiger partial charge in [0.15, 0.2) is 0 Å². The third kappa shape index (κ3) is 4.12. The SMILES string of the molecule is C=CCNS(=O)(=O)c1cccc(C(=O)N2CCC3CCCCC3C2)c1. The van der Waals surface area contributed by atoms with E-state index in [9.17, 15) is 13.2 Å². The second-order valence-corrected chi connectivity index (χ2v) is 8.78. The number of hydrogen-bond donors (Lipinski definition) is 1. The van der Waals surface area contributed by atoms with Crippen LogP contribution in [0.3, 0.4) is 0 Å². The molecule has 25 heavy (non-hydrogen) atoms. The fraction of sp³-hybridized carbons (Fsp3) is 0.526. The van der Waals surface area contributed by atoms with Gasteiger partial charge in [0, 0.05) is 25.2 Å². The molecule has 0 spiro atoms. The quantitative estimate of drug-likeness (QED) is 0.819. The summed E-state index contributed by atoms with van der Waals surface area (Å²) in [5, 5.41) is 0. The molecule has 0 aromatic heterocycles. The maximum absolute atomic E-state index is 12.9. The maximum atomic E-state index is 12.9. The van der Waals surface area contributed by atoms with Crippen LogP contribution in [0.5, 0.6) is 0 Å². The first-order valence-corrected chi connectivity index (χ1v) is 10.5. The summed E-state index contributed by atoms with van der Waals surface area (Å²) in [5.41, 5.74) is 0.440. The number of rotatable bonds is 5. The van der Waals surface area contributed by atoms with E-state index in [0.717, 1.165) is 25.4 Å². The van der Waals surface area contributed by atoms with E-state index >= 15 is 0 Å². The Bertz CT molecular complexity index is 745. The summed E-state index contributed by atoms with van der Waals surface area (Å²) in [5.74, 6) is 1.30. The van der Waals surface area contributed by atoms with Crippen LogP contribution in [-0.2, 0) is 10.0 Å². The molecule has 2 aliphatic rings. The number of piperidine rings is 1. The van der Waals surface area contributed by atoms with Gasteiger partial charge in [-0.2, -0.15) is 0 Å². The number of nitrogens with zero attached hydrogens (tertiary/aromatic N) is 1. The Balaban J connectivity index is 1.74. The molecule has 1 saturated carbocycles. The first-order chi connectivity index (χ1) is 12.0. The Labute approximate surface area is 150 Å². The summed E-state index contributed by atoms with van der Waals surface area (Å²) >= 11 is 0. The van der Waals surface area contributed by atoms with Gasteiger partial charge < -0.3 is 4.90 Å². The minimum absolute atomic E-state index is 0.0650. The number of carbonyl (C=O) groups is 1. The second kappa shape index (κ2) is 7.70. The van der Waals surface area contributed by atoms with Gasteiger partial charge in [-0.3, -0.25) is 4.79 Å². The van der Waals surface area contributed by atoms with Crippen LogP contribution < -0.4 is 4.72 Å². The van der Waals surface area contributed by atoms with Crippen molar-refractivity contribution in [2.45, 2.75) is 37.0 Å². The van der Waals surface area contributed by atoms with Gasteiger partial charge in [0.05, 0.1) is 4.90 Å². The van der Waals surface area contributed by atoms with Crippen molar-refractivity contribution in [1.82, 2.24) is 9.62 Å². The summed E-state index contributed by atoms with van der Waals surface area (Å²) < 4.78 is 26.9. The van der Waals surface area contributed by atoms with Gasteiger partial charge >= 0.3 is 0 Å². The lowest BCUT2D eigenvalue weighted by molar-refractivity contribution is 0.0520. The summed E-state index contributed by atoms with van der Waals surface area (Å²) in [6, 6.07) is 6.31. The Kier molecular flexibility index (Phi) is 5.59. The summed E-state index contributed by atoms with van der Waals surface area (Å²) in [4.78, 5) is 14.9. The molecule has 1 aromatic rings. The molecule has 2 atom stereocenters. The van der Waals surface area contributed by atoms with E-state index in [1.165, 1.54) is 43.9 Å². The Morgan fingerprint density at radius 2 is 2.00 bits per heavy atom. The van der Waals surface area contributed by atoms with Crippen molar-refractivity contribution >= 4 is 15.9 Å². The first-order valence-electron chi connectivity index (χ1n) is 9.01. The minimum atomic E-state index is -3.62. The van der Waals surface area contributed by atoms with Crippen molar-refractivity contribution in [1.29, 1.82) is 0 Å². The van der Waals surface area contributed by atoms with E-state index in [1.54, 1.807) is 12.1 Å². The van der Waals surface area contributed by atoms with Gasteiger partial charge in [-0.25, -0.2) is 13.1 Å². The van der Waals surface area contributed by atoms with E-state index in [4.69, 9.17) is 0 Å². The lowest BCUT2D eigenvalue weighted by Crippen LogP contribution is -2.44. The zero-order chi connectivity index (χ0) is 17.9. The third-order valence-corrected chi connectivity index (χ3v) is 6.81. The molecular weight excluding hydrogens is 336 g/mol. The highest BCUT2D eigenvalue weighted by molar-refractivity contribution is 7.89. The Hall–Kier alpha value is -1.66. The Morgan fingerprint density at radius 3 is 2.76 bits per heavy atom. The van der Waals surface area contributed by atoms with Crippen LogP contribution in [0.25, 0.3) is 0 Å². The molecule has 5 nitrogen and oxygen atoms in total. The second-order valence-electron chi connectivity index (χ2n) is 7.01. The highest BCUT2D eigenvalue weighted by atomic mass is 32.2.